The predicted octanol–water partition coefficient (Wildman–Crippen LogP) is 5.16. The summed E-state index contributed by atoms with van der Waals surface area (Å²) in [6.07, 6.45) is 5.20. The Bertz CT molecular complexity index is 1050. The van der Waals surface area contributed by atoms with Gasteiger partial charge in [0.25, 0.3) is 5.79 Å². The molecule has 1 heterocycles. The Kier molecular flexibility index (Phi) is 6.68. The molecule has 2 fully saturated rings. The van der Waals surface area contributed by atoms with Gasteiger partial charge in [-0.05, 0) is 65.3 Å². The number of benzene rings is 2. The average molecular weight is 552 g/mol. The largest absolute Gasteiger partial charge is 0.493 e. The summed E-state index contributed by atoms with van der Waals surface area (Å²) < 4.78 is 36.9. The Labute approximate surface area is 198 Å². The highest BCUT2D eigenvalue weighted by Gasteiger charge is 2.46. The lowest BCUT2D eigenvalue weighted by Gasteiger charge is -2.38. The number of methoxy groups -OCH3 is 1. The number of carbonyl (C=O) groups excluding carboxylic acids is 2. The zero-order valence-corrected chi connectivity index (χ0v) is 19.6. The molecular formula is C24H22FIO6. The van der Waals surface area contributed by atoms with Crippen molar-refractivity contribution in [1.82, 2.24) is 0 Å². The summed E-state index contributed by atoms with van der Waals surface area (Å²) in [5, 5.41) is 0. The smallest absolute Gasteiger partial charge is 0.348 e. The maximum absolute atomic E-state index is 13.9. The fraction of sp³-hybridized carbons (Fsp3) is 0.333. The van der Waals surface area contributed by atoms with Gasteiger partial charge in [-0.2, -0.15) is 0 Å². The molecule has 4 rings (SSSR count). The third-order valence-electron chi connectivity index (χ3n) is 5.51. The summed E-state index contributed by atoms with van der Waals surface area (Å²) in [4.78, 5) is 25.2. The molecule has 0 atom stereocenters. The third kappa shape index (κ3) is 4.74. The molecule has 2 aliphatic rings. The highest BCUT2D eigenvalue weighted by Crippen LogP contribution is 2.39. The number of halogens is 2. The zero-order valence-electron chi connectivity index (χ0n) is 17.5. The second-order valence-electron chi connectivity index (χ2n) is 7.72. The van der Waals surface area contributed by atoms with Crippen molar-refractivity contribution in [3.8, 4) is 11.5 Å². The Hall–Kier alpha value is -2.62. The van der Waals surface area contributed by atoms with Crippen molar-refractivity contribution < 1.29 is 32.9 Å². The summed E-state index contributed by atoms with van der Waals surface area (Å²) >= 11 is 2.06. The van der Waals surface area contributed by atoms with E-state index in [1.54, 1.807) is 30.3 Å². The lowest BCUT2D eigenvalue weighted by atomic mass is 9.93. The molecule has 0 bridgehead atoms. The molecule has 0 radical (unpaired) electrons. The molecule has 0 aromatic heterocycles. The summed E-state index contributed by atoms with van der Waals surface area (Å²) in [7, 11) is 1.48. The van der Waals surface area contributed by atoms with Gasteiger partial charge in [0, 0.05) is 18.4 Å². The first-order valence-electron chi connectivity index (χ1n) is 10.3. The fourth-order valence-electron chi connectivity index (χ4n) is 3.86. The van der Waals surface area contributed by atoms with Crippen molar-refractivity contribution in [2.24, 2.45) is 0 Å². The van der Waals surface area contributed by atoms with Gasteiger partial charge in [0.1, 0.15) is 18.0 Å². The maximum Gasteiger partial charge on any atom is 0.348 e. The number of carbonyl (C=O) groups is 2. The van der Waals surface area contributed by atoms with Gasteiger partial charge in [0.15, 0.2) is 11.5 Å². The van der Waals surface area contributed by atoms with E-state index in [1.165, 1.54) is 19.3 Å². The first-order chi connectivity index (χ1) is 15.4. The Morgan fingerprint density at radius 2 is 1.78 bits per heavy atom. The second kappa shape index (κ2) is 9.48. The van der Waals surface area contributed by atoms with Crippen LogP contribution in [0.1, 0.15) is 43.2 Å². The monoisotopic (exact) mass is 552 g/mol. The third-order valence-corrected chi connectivity index (χ3v) is 6.31. The van der Waals surface area contributed by atoms with Crippen LogP contribution >= 0.6 is 22.6 Å². The molecule has 0 unspecified atom stereocenters. The molecule has 8 heteroatoms. The maximum atomic E-state index is 13.9. The predicted molar refractivity (Wildman–Crippen MR) is 122 cm³/mol. The van der Waals surface area contributed by atoms with Crippen molar-refractivity contribution in [2.75, 3.05) is 7.11 Å². The molecule has 0 N–H and O–H groups in total. The number of hydrogen-bond donors (Lipinski definition) is 0. The molecule has 0 amide bonds. The molecule has 32 heavy (non-hydrogen) atoms. The number of hydrogen-bond acceptors (Lipinski definition) is 6. The highest BCUT2D eigenvalue weighted by atomic mass is 127. The lowest BCUT2D eigenvalue weighted by molar-refractivity contribution is -0.244. The van der Waals surface area contributed by atoms with Gasteiger partial charge in [-0.1, -0.05) is 24.6 Å². The van der Waals surface area contributed by atoms with Crippen LogP contribution in [0.3, 0.4) is 0 Å². The molecular weight excluding hydrogens is 530 g/mol. The molecule has 1 saturated carbocycles. The van der Waals surface area contributed by atoms with Crippen molar-refractivity contribution >= 4 is 40.6 Å². The van der Waals surface area contributed by atoms with Gasteiger partial charge < -0.3 is 18.9 Å². The van der Waals surface area contributed by atoms with E-state index in [0.717, 1.165) is 19.3 Å². The normalized spacial score (nSPS) is 17.5. The van der Waals surface area contributed by atoms with E-state index in [2.05, 4.69) is 22.6 Å². The van der Waals surface area contributed by atoms with Crippen LogP contribution in [0.25, 0.3) is 6.08 Å². The van der Waals surface area contributed by atoms with Crippen LogP contribution in [0.4, 0.5) is 4.39 Å². The van der Waals surface area contributed by atoms with Gasteiger partial charge >= 0.3 is 11.9 Å². The minimum atomic E-state index is -1.12. The standard InChI is InChI=1S/C24H22FIO6/c1-29-20-13-15(12-19(26)21(20)30-14-16-7-3-4-8-18(16)25)11-17-22(27)31-24(32-23(17)28)9-5-2-6-10-24/h3-4,7-8,11-13H,2,5-6,9-10,14H2,1H3. The molecule has 1 aliphatic carbocycles. The van der Waals surface area contributed by atoms with Gasteiger partial charge in [-0.3, -0.25) is 0 Å². The van der Waals surface area contributed by atoms with Crippen LogP contribution in [-0.4, -0.2) is 24.8 Å². The fourth-order valence-corrected chi connectivity index (χ4v) is 4.64. The quantitative estimate of drug-likeness (QED) is 0.221. The number of rotatable bonds is 5. The summed E-state index contributed by atoms with van der Waals surface area (Å²) in [6.45, 7) is 0.0280. The van der Waals surface area contributed by atoms with Crippen LogP contribution < -0.4 is 9.47 Å². The van der Waals surface area contributed by atoms with Gasteiger partial charge in [0.05, 0.1) is 10.7 Å². The minimum absolute atomic E-state index is 0.0280. The Balaban J connectivity index is 1.56. The van der Waals surface area contributed by atoms with Crippen molar-refractivity contribution in [2.45, 2.75) is 44.5 Å². The number of esters is 2. The molecule has 6 nitrogen and oxygen atoms in total. The number of ether oxygens (including phenoxy) is 4. The van der Waals surface area contributed by atoms with E-state index >= 15 is 0 Å². The summed E-state index contributed by atoms with van der Waals surface area (Å²) in [6, 6.07) is 9.74. The average Bonchev–Trinajstić information content (AvgIpc) is 2.77. The minimum Gasteiger partial charge on any atom is -0.493 e. The first-order valence-corrected chi connectivity index (χ1v) is 11.4. The molecule has 168 valence electrons. The van der Waals surface area contributed by atoms with Crippen LogP contribution in [0, 0.1) is 9.39 Å². The summed E-state index contributed by atoms with van der Waals surface area (Å²) in [5.74, 6) is -2.02. The summed E-state index contributed by atoms with van der Waals surface area (Å²) in [5.41, 5.74) is 0.799. The molecule has 2 aromatic carbocycles. The van der Waals surface area contributed by atoms with Crippen LogP contribution in [0.2, 0.25) is 0 Å². The van der Waals surface area contributed by atoms with E-state index in [1.807, 2.05) is 0 Å². The highest BCUT2D eigenvalue weighted by molar-refractivity contribution is 14.1. The second-order valence-corrected chi connectivity index (χ2v) is 8.88. The van der Waals surface area contributed by atoms with Gasteiger partial charge in [-0.25, -0.2) is 14.0 Å². The molecule has 1 saturated heterocycles. The van der Waals surface area contributed by atoms with Gasteiger partial charge in [-0.15, -0.1) is 0 Å². The van der Waals surface area contributed by atoms with Crippen molar-refractivity contribution in [1.29, 1.82) is 0 Å². The van der Waals surface area contributed by atoms with E-state index in [4.69, 9.17) is 18.9 Å². The molecule has 1 spiro atoms. The van der Waals surface area contributed by atoms with Crippen molar-refractivity contribution in [3.63, 3.8) is 0 Å². The van der Waals surface area contributed by atoms with Crippen LogP contribution in [0.5, 0.6) is 11.5 Å². The molecule has 1 aliphatic heterocycles. The SMILES string of the molecule is COc1cc(C=C2C(=O)OC3(CCCCC3)OC2=O)cc(I)c1OCc1ccccc1F. The van der Waals surface area contributed by atoms with E-state index in [9.17, 15) is 14.0 Å². The Morgan fingerprint density at radius 3 is 2.44 bits per heavy atom. The van der Waals surface area contributed by atoms with Crippen LogP contribution in [-0.2, 0) is 25.7 Å². The van der Waals surface area contributed by atoms with E-state index < -0.39 is 17.7 Å². The van der Waals surface area contributed by atoms with Gasteiger partial charge in [0.2, 0.25) is 0 Å². The zero-order chi connectivity index (χ0) is 22.7. The van der Waals surface area contributed by atoms with Crippen molar-refractivity contribution in [3.05, 3.63) is 62.5 Å². The first kappa shape index (κ1) is 22.6. The van der Waals surface area contributed by atoms with E-state index in [-0.39, 0.29) is 18.0 Å². The van der Waals surface area contributed by atoms with Crippen LogP contribution in [0.15, 0.2) is 42.0 Å². The Morgan fingerprint density at radius 1 is 1.09 bits per heavy atom. The van der Waals surface area contributed by atoms with E-state index in [0.29, 0.717) is 39.0 Å². The molecule has 2 aromatic rings. The topological polar surface area (TPSA) is 71.1 Å². The lowest BCUT2D eigenvalue weighted by Crippen LogP contribution is -2.47.